The lowest BCUT2D eigenvalue weighted by molar-refractivity contribution is 0.891. The van der Waals surface area contributed by atoms with Crippen molar-refractivity contribution in [1.29, 1.82) is 0 Å². The Bertz CT molecular complexity index is 1200. The molecule has 0 unspecified atom stereocenters. The third-order valence-corrected chi connectivity index (χ3v) is 6.02. The molecule has 0 amide bonds. The van der Waals surface area contributed by atoms with Gasteiger partial charge >= 0.3 is 0 Å². The molecular weight excluding hydrogens is 376 g/mol. The lowest BCUT2D eigenvalue weighted by atomic mass is 10.0. The Balaban J connectivity index is 1.98. The molecule has 0 aliphatic carbocycles. The van der Waals surface area contributed by atoms with E-state index in [0.717, 1.165) is 28.2 Å². The molecule has 0 N–H and O–H groups in total. The lowest BCUT2D eigenvalue weighted by Crippen LogP contribution is -2.00. The van der Waals surface area contributed by atoms with E-state index in [1.165, 1.54) is 27.8 Å². The molecule has 0 aliphatic heterocycles. The maximum absolute atomic E-state index is 6.98. The van der Waals surface area contributed by atoms with Crippen LogP contribution in [0.25, 0.3) is 28.2 Å². The van der Waals surface area contributed by atoms with Gasteiger partial charge in [0.05, 0.1) is 16.4 Å². The van der Waals surface area contributed by atoms with Crippen LogP contribution in [-0.4, -0.2) is 9.78 Å². The second-order valence-electron chi connectivity index (χ2n) is 7.86. The van der Waals surface area contributed by atoms with Crippen molar-refractivity contribution in [3.63, 3.8) is 0 Å². The van der Waals surface area contributed by atoms with Crippen LogP contribution in [0.15, 0.2) is 60.7 Å². The minimum Gasteiger partial charge on any atom is -0.231 e. The molecule has 0 saturated carbocycles. The van der Waals surface area contributed by atoms with E-state index in [-0.39, 0.29) is 0 Å². The van der Waals surface area contributed by atoms with Crippen molar-refractivity contribution in [2.24, 2.45) is 0 Å². The molecule has 4 rings (SSSR count). The molecule has 0 radical (unpaired) electrons. The lowest BCUT2D eigenvalue weighted by Gasteiger charge is -2.10. The first-order valence-electron chi connectivity index (χ1n) is 9.86. The van der Waals surface area contributed by atoms with E-state index in [1.54, 1.807) is 0 Å². The van der Waals surface area contributed by atoms with Crippen molar-refractivity contribution in [3.05, 3.63) is 93.5 Å². The van der Waals surface area contributed by atoms with E-state index in [4.69, 9.17) is 16.7 Å². The molecule has 3 aromatic carbocycles. The summed E-state index contributed by atoms with van der Waals surface area (Å²) in [6.07, 6.45) is 0. The highest BCUT2D eigenvalue weighted by molar-refractivity contribution is 6.35. The van der Waals surface area contributed by atoms with Crippen molar-refractivity contribution >= 4 is 11.6 Å². The molecule has 0 saturated heterocycles. The van der Waals surface area contributed by atoms with Gasteiger partial charge in [-0.05, 0) is 81.1 Å². The maximum atomic E-state index is 6.98. The smallest absolute Gasteiger partial charge is 0.112 e. The number of aromatic nitrogens is 2. The number of hydrogen-bond acceptors (Lipinski definition) is 1. The van der Waals surface area contributed by atoms with Gasteiger partial charge in [0.1, 0.15) is 5.69 Å². The molecule has 0 bridgehead atoms. The summed E-state index contributed by atoms with van der Waals surface area (Å²) in [5.74, 6) is 0. The van der Waals surface area contributed by atoms with Gasteiger partial charge in [0, 0.05) is 11.1 Å². The third-order valence-electron chi connectivity index (χ3n) is 5.67. The molecule has 1 heterocycles. The number of hydrogen-bond donors (Lipinski definition) is 0. The van der Waals surface area contributed by atoms with Gasteiger partial charge in [0.2, 0.25) is 0 Å². The summed E-state index contributed by atoms with van der Waals surface area (Å²) in [6, 6.07) is 21.2. The first-order chi connectivity index (χ1) is 13.8. The SMILES string of the molecule is Cc1ccc(-n2nc(-c3ccc(C)c(C)c3)c(Cl)c2-c2ccc(C)c(C)c2)cc1. The Morgan fingerprint density at radius 1 is 0.655 bits per heavy atom. The average Bonchev–Trinajstić information content (AvgIpc) is 3.04. The minimum atomic E-state index is 0.678. The van der Waals surface area contributed by atoms with Gasteiger partial charge in [-0.2, -0.15) is 5.10 Å². The van der Waals surface area contributed by atoms with E-state index in [9.17, 15) is 0 Å². The number of aryl methyl sites for hydroxylation is 5. The molecule has 29 heavy (non-hydrogen) atoms. The van der Waals surface area contributed by atoms with Crippen LogP contribution in [-0.2, 0) is 0 Å². The minimum absolute atomic E-state index is 0.678. The molecule has 0 aliphatic rings. The van der Waals surface area contributed by atoms with Crippen molar-refractivity contribution < 1.29 is 0 Å². The predicted octanol–water partition coefficient (Wildman–Crippen LogP) is 7.40. The van der Waals surface area contributed by atoms with Crippen LogP contribution in [0.4, 0.5) is 0 Å². The normalized spacial score (nSPS) is 11.1. The van der Waals surface area contributed by atoms with Gasteiger partial charge in [-0.1, -0.05) is 53.6 Å². The zero-order valence-electron chi connectivity index (χ0n) is 17.5. The quantitative estimate of drug-likeness (QED) is 0.350. The third kappa shape index (κ3) is 3.61. The molecular formula is C26H25ClN2. The van der Waals surface area contributed by atoms with E-state index >= 15 is 0 Å². The highest BCUT2D eigenvalue weighted by Gasteiger charge is 2.21. The molecule has 0 fully saturated rings. The summed E-state index contributed by atoms with van der Waals surface area (Å²) in [6.45, 7) is 10.6. The summed E-state index contributed by atoms with van der Waals surface area (Å²) in [5.41, 5.74) is 11.1. The molecule has 4 aromatic rings. The fourth-order valence-electron chi connectivity index (χ4n) is 3.48. The number of halogens is 1. The average molecular weight is 401 g/mol. The summed E-state index contributed by atoms with van der Waals surface area (Å²) in [4.78, 5) is 0. The molecule has 0 atom stereocenters. The van der Waals surface area contributed by atoms with Gasteiger partial charge in [0.15, 0.2) is 0 Å². The van der Waals surface area contributed by atoms with Crippen LogP contribution < -0.4 is 0 Å². The summed E-state index contributed by atoms with van der Waals surface area (Å²) in [5, 5.41) is 5.64. The molecule has 2 nitrogen and oxygen atoms in total. The van der Waals surface area contributed by atoms with Crippen LogP contribution in [0.2, 0.25) is 5.02 Å². The maximum Gasteiger partial charge on any atom is 0.112 e. The van der Waals surface area contributed by atoms with Crippen LogP contribution >= 0.6 is 11.6 Å². The van der Waals surface area contributed by atoms with Crippen LogP contribution in [0, 0.1) is 34.6 Å². The van der Waals surface area contributed by atoms with E-state index in [1.807, 2.05) is 4.68 Å². The first-order valence-corrected chi connectivity index (χ1v) is 10.2. The Labute approximate surface area is 177 Å². The molecule has 1 aromatic heterocycles. The van der Waals surface area contributed by atoms with E-state index in [0.29, 0.717) is 5.02 Å². The van der Waals surface area contributed by atoms with Gasteiger partial charge in [-0.3, -0.25) is 0 Å². The molecule has 146 valence electrons. The zero-order chi connectivity index (χ0) is 20.7. The fourth-order valence-corrected chi connectivity index (χ4v) is 3.82. The highest BCUT2D eigenvalue weighted by atomic mass is 35.5. The topological polar surface area (TPSA) is 17.8 Å². The second kappa shape index (κ2) is 7.53. The summed E-state index contributed by atoms with van der Waals surface area (Å²) >= 11 is 6.98. The van der Waals surface area contributed by atoms with Gasteiger partial charge < -0.3 is 0 Å². The summed E-state index contributed by atoms with van der Waals surface area (Å²) < 4.78 is 1.97. The highest BCUT2D eigenvalue weighted by Crippen LogP contribution is 2.39. The van der Waals surface area contributed by atoms with Crippen LogP contribution in [0.3, 0.4) is 0 Å². The van der Waals surface area contributed by atoms with E-state index in [2.05, 4.69) is 95.3 Å². The fraction of sp³-hybridized carbons (Fsp3) is 0.192. The Morgan fingerprint density at radius 2 is 1.21 bits per heavy atom. The van der Waals surface area contributed by atoms with Gasteiger partial charge in [0.25, 0.3) is 0 Å². The summed E-state index contributed by atoms with van der Waals surface area (Å²) in [7, 11) is 0. The van der Waals surface area contributed by atoms with Crippen molar-refractivity contribution in [2.45, 2.75) is 34.6 Å². The number of rotatable bonds is 3. The molecule has 0 spiro atoms. The van der Waals surface area contributed by atoms with E-state index < -0.39 is 0 Å². The second-order valence-corrected chi connectivity index (χ2v) is 8.23. The Hall–Kier alpha value is -2.84. The standard InChI is InChI=1S/C26H25ClN2/c1-16-6-12-23(13-7-16)29-26(22-11-9-18(3)20(5)15-22)24(27)25(28-29)21-10-8-17(2)19(4)14-21/h6-15H,1-5H3. The van der Waals surface area contributed by atoms with Crippen molar-refractivity contribution in [1.82, 2.24) is 9.78 Å². The number of benzene rings is 3. The van der Waals surface area contributed by atoms with Gasteiger partial charge in [-0.25, -0.2) is 4.68 Å². The number of nitrogens with zero attached hydrogens (tertiary/aromatic N) is 2. The van der Waals surface area contributed by atoms with Crippen LogP contribution in [0.5, 0.6) is 0 Å². The predicted molar refractivity (Wildman–Crippen MR) is 123 cm³/mol. The van der Waals surface area contributed by atoms with Crippen molar-refractivity contribution in [2.75, 3.05) is 0 Å². The largest absolute Gasteiger partial charge is 0.231 e. The van der Waals surface area contributed by atoms with Crippen molar-refractivity contribution in [3.8, 4) is 28.2 Å². The van der Waals surface area contributed by atoms with Crippen LogP contribution in [0.1, 0.15) is 27.8 Å². The Morgan fingerprint density at radius 3 is 1.79 bits per heavy atom. The molecule has 3 heteroatoms. The first kappa shape index (κ1) is 19.5. The van der Waals surface area contributed by atoms with Gasteiger partial charge in [-0.15, -0.1) is 0 Å². The zero-order valence-corrected chi connectivity index (χ0v) is 18.3. The monoisotopic (exact) mass is 400 g/mol. The Kier molecular flexibility index (Phi) is 5.06.